The number of hydrogen-bond donors (Lipinski definition) is 2. The van der Waals surface area contributed by atoms with E-state index in [0.29, 0.717) is 4.47 Å². The SMILES string of the molecule is COC(=O)c1[nH]cc(Br)c1O. The van der Waals surface area contributed by atoms with Crippen LogP contribution >= 0.6 is 15.9 Å². The van der Waals surface area contributed by atoms with E-state index in [-0.39, 0.29) is 11.4 Å². The number of halogens is 1. The van der Waals surface area contributed by atoms with Gasteiger partial charge in [0.2, 0.25) is 0 Å². The highest BCUT2D eigenvalue weighted by Gasteiger charge is 2.15. The van der Waals surface area contributed by atoms with Crippen molar-refractivity contribution in [2.45, 2.75) is 0 Å². The minimum atomic E-state index is -0.590. The summed E-state index contributed by atoms with van der Waals surface area (Å²) in [5.74, 6) is -0.718. The van der Waals surface area contributed by atoms with Crippen LogP contribution in [0.4, 0.5) is 0 Å². The molecule has 60 valence electrons. The molecule has 1 heterocycles. The summed E-state index contributed by atoms with van der Waals surface area (Å²) in [6.07, 6.45) is 1.46. The largest absolute Gasteiger partial charge is 0.504 e. The molecule has 0 spiro atoms. The van der Waals surface area contributed by atoms with Gasteiger partial charge in [-0.15, -0.1) is 0 Å². The molecule has 0 saturated heterocycles. The van der Waals surface area contributed by atoms with Crippen molar-refractivity contribution in [1.29, 1.82) is 0 Å². The number of H-pyrrole nitrogens is 1. The number of aromatic nitrogens is 1. The summed E-state index contributed by atoms with van der Waals surface area (Å²) in [6, 6.07) is 0. The Kier molecular flexibility index (Phi) is 2.19. The molecule has 1 aromatic heterocycles. The lowest BCUT2D eigenvalue weighted by molar-refractivity contribution is 0.0591. The van der Waals surface area contributed by atoms with Crippen LogP contribution in [0.3, 0.4) is 0 Å². The van der Waals surface area contributed by atoms with Crippen LogP contribution in [0.15, 0.2) is 10.7 Å². The van der Waals surface area contributed by atoms with Gasteiger partial charge in [0.05, 0.1) is 11.6 Å². The van der Waals surface area contributed by atoms with E-state index in [2.05, 4.69) is 25.7 Å². The van der Waals surface area contributed by atoms with Crippen molar-refractivity contribution < 1.29 is 14.6 Å². The number of aromatic amines is 1. The molecular weight excluding hydrogens is 214 g/mol. The van der Waals surface area contributed by atoms with Crippen LogP contribution in [0.25, 0.3) is 0 Å². The van der Waals surface area contributed by atoms with Crippen LogP contribution in [-0.2, 0) is 4.74 Å². The number of carbonyl (C=O) groups is 1. The van der Waals surface area contributed by atoms with Crippen molar-refractivity contribution in [1.82, 2.24) is 4.98 Å². The fourth-order valence-corrected chi connectivity index (χ4v) is 0.962. The van der Waals surface area contributed by atoms with Gasteiger partial charge in [-0.25, -0.2) is 4.79 Å². The quantitative estimate of drug-likeness (QED) is 0.700. The average molecular weight is 220 g/mol. The van der Waals surface area contributed by atoms with Crippen molar-refractivity contribution in [3.05, 3.63) is 16.4 Å². The zero-order valence-electron chi connectivity index (χ0n) is 5.72. The fourth-order valence-electron chi connectivity index (χ4n) is 0.649. The summed E-state index contributed by atoms with van der Waals surface area (Å²) in [5, 5.41) is 9.16. The number of esters is 1. The monoisotopic (exact) mass is 219 g/mol. The molecule has 0 radical (unpaired) electrons. The molecule has 4 nitrogen and oxygen atoms in total. The topological polar surface area (TPSA) is 62.3 Å². The normalized spacial score (nSPS) is 9.64. The van der Waals surface area contributed by atoms with Gasteiger partial charge in [-0.1, -0.05) is 0 Å². The van der Waals surface area contributed by atoms with Crippen LogP contribution in [0.2, 0.25) is 0 Å². The Bertz CT molecular complexity index is 281. The Morgan fingerprint density at radius 3 is 2.82 bits per heavy atom. The van der Waals surface area contributed by atoms with Crippen LogP contribution in [-0.4, -0.2) is 23.2 Å². The van der Waals surface area contributed by atoms with E-state index < -0.39 is 5.97 Å². The van der Waals surface area contributed by atoms with Gasteiger partial charge in [0.1, 0.15) is 0 Å². The van der Waals surface area contributed by atoms with Crippen molar-refractivity contribution in [2.24, 2.45) is 0 Å². The van der Waals surface area contributed by atoms with Gasteiger partial charge in [-0.05, 0) is 15.9 Å². The molecule has 0 fully saturated rings. The number of hydrogen-bond acceptors (Lipinski definition) is 3. The molecule has 1 rings (SSSR count). The van der Waals surface area contributed by atoms with Crippen molar-refractivity contribution >= 4 is 21.9 Å². The maximum absolute atomic E-state index is 10.8. The van der Waals surface area contributed by atoms with E-state index in [1.165, 1.54) is 13.3 Å². The van der Waals surface area contributed by atoms with E-state index in [4.69, 9.17) is 5.11 Å². The molecule has 0 unspecified atom stereocenters. The first kappa shape index (κ1) is 8.13. The fraction of sp³-hybridized carbons (Fsp3) is 0.167. The predicted molar refractivity (Wildman–Crippen MR) is 41.5 cm³/mol. The summed E-state index contributed by atoms with van der Waals surface area (Å²) in [7, 11) is 1.25. The number of aromatic hydroxyl groups is 1. The van der Waals surface area contributed by atoms with Crippen molar-refractivity contribution in [3.63, 3.8) is 0 Å². The number of methoxy groups -OCH3 is 1. The molecule has 2 N–H and O–H groups in total. The lowest BCUT2D eigenvalue weighted by Crippen LogP contribution is -2.01. The van der Waals surface area contributed by atoms with E-state index in [9.17, 15) is 4.79 Å². The minimum absolute atomic E-state index is 0.0550. The molecule has 11 heavy (non-hydrogen) atoms. The Hall–Kier alpha value is -0.970. The standard InChI is InChI=1S/C6H6BrNO3/c1-11-6(10)4-5(9)3(7)2-8-4/h2,8-9H,1H3. The molecule has 0 aliphatic carbocycles. The molecule has 0 aliphatic heterocycles. The van der Waals surface area contributed by atoms with E-state index in [1.807, 2.05) is 0 Å². The third kappa shape index (κ3) is 1.37. The molecule has 0 aliphatic rings. The Morgan fingerprint density at radius 2 is 2.45 bits per heavy atom. The second-order valence-electron chi connectivity index (χ2n) is 1.85. The number of carbonyl (C=O) groups excluding carboxylic acids is 1. The van der Waals surface area contributed by atoms with Gasteiger partial charge in [-0.3, -0.25) is 0 Å². The smallest absolute Gasteiger partial charge is 0.358 e. The van der Waals surface area contributed by atoms with Gasteiger partial charge in [0, 0.05) is 6.20 Å². The van der Waals surface area contributed by atoms with Gasteiger partial charge in [0.25, 0.3) is 0 Å². The zero-order chi connectivity index (χ0) is 8.43. The Balaban J connectivity index is 3.04. The lowest BCUT2D eigenvalue weighted by Gasteiger charge is -1.94. The minimum Gasteiger partial charge on any atom is -0.504 e. The van der Waals surface area contributed by atoms with Gasteiger partial charge in [0.15, 0.2) is 11.4 Å². The molecule has 5 heteroatoms. The highest BCUT2D eigenvalue weighted by atomic mass is 79.9. The van der Waals surface area contributed by atoms with E-state index in [0.717, 1.165) is 0 Å². The zero-order valence-corrected chi connectivity index (χ0v) is 7.31. The number of nitrogens with one attached hydrogen (secondary N) is 1. The van der Waals surface area contributed by atoms with Crippen molar-refractivity contribution in [3.8, 4) is 5.75 Å². The maximum Gasteiger partial charge on any atom is 0.358 e. The lowest BCUT2D eigenvalue weighted by atomic mass is 10.4. The van der Waals surface area contributed by atoms with E-state index in [1.54, 1.807) is 0 Å². The van der Waals surface area contributed by atoms with Crippen molar-refractivity contribution in [2.75, 3.05) is 7.11 Å². The van der Waals surface area contributed by atoms with Crippen LogP contribution in [0.5, 0.6) is 5.75 Å². The predicted octanol–water partition coefficient (Wildman–Crippen LogP) is 1.27. The average Bonchev–Trinajstić information content (AvgIpc) is 2.32. The Labute approximate surface area is 71.3 Å². The molecule has 0 atom stereocenters. The van der Waals surface area contributed by atoms with Crippen LogP contribution in [0, 0.1) is 0 Å². The summed E-state index contributed by atoms with van der Waals surface area (Å²) in [5.41, 5.74) is 0.0550. The Morgan fingerprint density at radius 1 is 1.82 bits per heavy atom. The summed E-state index contributed by atoms with van der Waals surface area (Å²) in [6.45, 7) is 0. The first-order valence-electron chi connectivity index (χ1n) is 2.81. The molecule has 1 aromatic rings. The summed E-state index contributed by atoms with van der Waals surface area (Å²) >= 11 is 3.02. The number of ether oxygens (including phenoxy) is 1. The summed E-state index contributed by atoms with van der Waals surface area (Å²) in [4.78, 5) is 13.4. The van der Waals surface area contributed by atoms with Crippen LogP contribution in [0.1, 0.15) is 10.5 Å². The first-order chi connectivity index (χ1) is 5.16. The maximum atomic E-state index is 10.8. The summed E-state index contributed by atoms with van der Waals surface area (Å²) < 4.78 is 4.82. The third-order valence-electron chi connectivity index (χ3n) is 1.20. The molecule has 0 aromatic carbocycles. The third-order valence-corrected chi connectivity index (χ3v) is 1.80. The van der Waals surface area contributed by atoms with Gasteiger partial charge in [-0.2, -0.15) is 0 Å². The first-order valence-corrected chi connectivity index (χ1v) is 3.60. The number of rotatable bonds is 1. The molecular formula is C6H6BrNO3. The highest BCUT2D eigenvalue weighted by molar-refractivity contribution is 9.10. The molecule has 0 saturated carbocycles. The van der Waals surface area contributed by atoms with E-state index >= 15 is 0 Å². The van der Waals surface area contributed by atoms with Gasteiger partial charge < -0.3 is 14.8 Å². The van der Waals surface area contributed by atoms with Gasteiger partial charge >= 0.3 is 5.97 Å². The second kappa shape index (κ2) is 2.96. The molecule has 0 amide bonds. The highest BCUT2D eigenvalue weighted by Crippen LogP contribution is 2.27. The second-order valence-corrected chi connectivity index (χ2v) is 2.71. The molecule has 0 bridgehead atoms. The van der Waals surface area contributed by atoms with Crippen LogP contribution < -0.4 is 0 Å².